The van der Waals surface area contributed by atoms with Gasteiger partial charge in [0, 0.05) is 40.5 Å². The number of nitrogens with zero attached hydrogens (tertiary/aromatic N) is 5. The van der Waals surface area contributed by atoms with Crippen molar-refractivity contribution < 1.29 is 43.0 Å². The average molecular weight is 919 g/mol. The highest BCUT2D eigenvalue weighted by Crippen LogP contribution is 2.41. The van der Waals surface area contributed by atoms with Gasteiger partial charge in [-0.2, -0.15) is 0 Å². The molecule has 3 N–H and O–H groups in total. The van der Waals surface area contributed by atoms with Gasteiger partial charge in [-0.3, -0.25) is 43.6 Å². The highest BCUT2D eigenvalue weighted by Gasteiger charge is 2.62. The van der Waals surface area contributed by atoms with Crippen LogP contribution in [0, 0.1) is 20.8 Å². The molecule has 1 fully saturated rings. The Morgan fingerprint density at radius 2 is 1.60 bits per heavy atom. The van der Waals surface area contributed by atoms with Gasteiger partial charge in [0.25, 0.3) is 23.6 Å². The molecule has 3 aliphatic heterocycles. The van der Waals surface area contributed by atoms with E-state index >= 15 is 0 Å². The standard InChI is InChI=1S/C46H43ClN8O9S/c1-25-26(2)65-43-37(25)39(29-14-16-30(47)17-15-29)50-32(40-53-52-27(3)54(40)43)22-35(57)48-20-7-8-21-49-36(58)24-63-33-13-9-12-31-38(33)42(60)55(41(31)59)46(19-18-34(56)51-44(46)61)45(62)64-23-28-10-5-4-6-11-28/h4-6,9-17,32H,7-8,18-24H2,1-3H3,(H,48,57)(H,49,58)(H,51,56,61)/t32-,46-/m0/s1. The number of imide groups is 2. The van der Waals surface area contributed by atoms with E-state index in [2.05, 4.69) is 40.0 Å². The van der Waals surface area contributed by atoms with Crippen LogP contribution in [-0.2, 0) is 35.3 Å². The average Bonchev–Trinajstić information content (AvgIpc) is 3.87. The van der Waals surface area contributed by atoms with Gasteiger partial charge in [0.1, 0.15) is 29.2 Å². The van der Waals surface area contributed by atoms with Crippen molar-refractivity contribution in [2.24, 2.45) is 4.99 Å². The monoisotopic (exact) mass is 918 g/mol. The number of aromatic nitrogens is 3. The predicted molar refractivity (Wildman–Crippen MR) is 237 cm³/mol. The minimum atomic E-state index is -2.47. The van der Waals surface area contributed by atoms with Gasteiger partial charge in [0.2, 0.25) is 17.4 Å². The van der Waals surface area contributed by atoms with E-state index in [1.807, 2.05) is 35.8 Å². The number of fused-ring (bicyclic) bond motifs is 4. The first-order valence-corrected chi connectivity index (χ1v) is 22.1. The molecule has 17 nitrogen and oxygen atoms in total. The van der Waals surface area contributed by atoms with Gasteiger partial charge in [-0.1, -0.05) is 60.1 Å². The lowest BCUT2D eigenvalue weighted by Gasteiger charge is -2.38. The third kappa shape index (κ3) is 8.66. The number of hydrogen-bond acceptors (Lipinski definition) is 13. The molecule has 2 atom stereocenters. The number of esters is 1. The molecule has 3 aromatic carbocycles. The van der Waals surface area contributed by atoms with Crippen LogP contribution in [0.4, 0.5) is 0 Å². The predicted octanol–water partition coefficient (Wildman–Crippen LogP) is 4.80. The van der Waals surface area contributed by atoms with Crippen molar-refractivity contribution in [2.75, 3.05) is 19.7 Å². The quantitative estimate of drug-likeness (QED) is 0.0561. The molecule has 0 saturated carbocycles. The van der Waals surface area contributed by atoms with Crippen LogP contribution < -0.4 is 20.7 Å². The summed E-state index contributed by atoms with van der Waals surface area (Å²) in [5.41, 5.74) is 1.40. The van der Waals surface area contributed by atoms with Gasteiger partial charge < -0.3 is 20.1 Å². The molecule has 2 aromatic heterocycles. The number of amides is 6. The van der Waals surface area contributed by atoms with Crippen molar-refractivity contribution in [3.05, 3.63) is 128 Å². The number of nitrogens with one attached hydrogen (secondary N) is 3. The zero-order valence-corrected chi connectivity index (χ0v) is 37.1. The fourth-order valence-electron chi connectivity index (χ4n) is 8.04. The molecule has 0 spiro atoms. The van der Waals surface area contributed by atoms with Crippen molar-refractivity contribution in [1.82, 2.24) is 35.6 Å². The number of halogens is 1. The first-order valence-electron chi connectivity index (χ1n) is 20.9. The number of carbonyl (C=O) groups is 7. The molecule has 8 rings (SSSR count). The van der Waals surface area contributed by atoms with Crippen molar-refractivity contribution in [3.8, 4) is 10.8 Å². The Bertz CT molecular complexity index is 2790. The molecule has 6 amide bonds. The maximum absolute atomic E-state index is 14.0. The van der Waals surface area contributed by atoms with Crippen LogP contribution in [0.1, 0.15) is 97.6 Å². The number of aryl methyl sites for hydroxylation is 2. The van der Waals surface area contributed by atoms with E-state index in [1.165, 1.54) is 18.2 Å². The Kier molecular flexibility index (Phi) is 12.7. The second kappa shape index (κ2) is 18.6. The number of unbranched alkanes of at least 4 members (excludes halogenated alkanes) is 1. The van der Waals surface area contributed by atoms with Crippen LogP contribution in [0.15, 0.2) is 77.8 Å². The highest BCUT2D eigenvalue weighted by atomic mass is 35.5. The van der Waals surface area contributed by atoms with Crippen LogP contribution in [0.25, 0.3) is 5.00 Å². The second-order valence-electron chi connectivity index (χ2n) is 15.7. The molecular formula is C46H43ClN8O9S. The molecule has 1 saturated heterocycles. The van der Waals surface area contributed by atoms with E-state index in [4.69, 9.17) is 26.1 Å². The lowest BCUT2D eigenvalue weighted by molar-refractivity contribution is -0.165. The van der Waals surface area contributed by atoms with Crippen molar-refractivity contribution in [3.63, 3.8) is 0 Å². The highest BCUT2D eigenvalue weighted by molar-refractivity contribution is 7.15. The summed E-state index contributed by atoms with van der Waals surface area (Å²) in [7, 11) is 0. The molecular weight excluding hydrogens is 876 g/mol. The van der Waals surface area contributed by atoms with Crippen LogP contribution >= 0.6 is 22.9 Å². The summed E-state index contributed by atoms with van der Waals surface area (Å²) in [6.45, 7) is 5.80. The van der Waals surface area contributed by atoms with E-state index in [-0.39, 0.29) is 48.8 Å². The Balaban J connectivity index is 0.850. The van der Waals surface area contributed by atoms with Crippen LogP contribution in [-0.4, -0.2) is 92.0 Å². The zero-order chi connectivity index (χ0) is 46.0. The molecule has 334 valence electrons. The number of aliphatic imine (C=N–C) groups is 1. The maximum atomic E-state index is 14.0. The summed E-state index contributed by atoms with van der Waals surface area (Å²) in [4.78, 5) is 100. The van der Waals surface area contributed by atoms with E-state index in [9.17, 15) is 33.6 Å². The molecule has 0 radical (unpaired) electrons. The Labute approximate surface area is 381 Å². The molecule has 5 aromatic rings. The van der Waals surface area contributed by atoms with E-state index in [1.54, 1.807) is 41.7 Å². The number of thiophene rings is 1. The first-order chi connectivity index (χ1) is 31.3. The largest absolute Gasteiger partial charge is 0.483 e. The van der Waals surface area contributed by atoms with Crippen molar-refractivity contribution in [2.45, 2.75) is 71.1 Å². The molecule has 5 heterocycles. The van der Waals surface area contributed by atoms with E-state index in [0.29, 0.717) is 46.5 Å². The number of ether oxygens (including phenoxy) is 2. The van der Waals surface area contributed by atoms with E-state index < -0.39 is 60.1 Å². The lowest BCUT2D eigenvalue weighted by atomic mass is 9.86. The molecule has 0 aliphatic carbocycles. The number of hydrogen-bond donors (Lipinski definition) is 3. The molecule has 0 bridgehead atoms. The second-order valence-corrected chi connectivity index (χ2v) is 17.4. The lowest BCUT2D eigenvalue weighted by Crippen LogP contribution is -2.68. The van der Waals surface area contributed by atoms with Crippen molar-refractivity contribution in [1.29, 1.82) is 0 Å². The third-order valence-corrected chi connectivity index (χ3v) is 12.9. The minimum absolute atomic E-state index is 0.0253. The number of carbonyl (C=O) groups excluding carboxylic acids is 7. The first kappa shape index (κ1) is 44.6. The van der Waals surface area contributed by atoms with Gasteiger partial charge in [-0.15, -0.1) is 21.5 Å². The van der Waals surface area contributed by atoms with Crippen molar-refractivity contribution >= 4 is 70.1 Å². The zero-order valence-electron chi connectivity index (χ0n) is 35.6. The fourth-order valence-corrected chi connectivity index (χ4v) is 9.38. The van der Waals surface area contributed by atoms with Gasteiger partial charge in [0.15, 0.2) is 12.4 Å². The Morgan fingerprint density at radius 1 is 0.877 bits per heavy atom. The Hall–Kier alpha value is -7.05. The van der Waals surface area contributed by atoms with Gasteiger partial charge >= 0.3 is 5.97 Å². The summed E-state index contributed by atoms with van der Waals surface area (Å²) in [6.07, 6.45) is 0.251. The fraction of sp³-hybridized carbons (Fsp3) is 0.304. The minimum Gasteiger partial charge on any atom is -0.483 e. The number of benzene rings is 3. The third-order valence-electron chi connectivity index (χ3n) is 11.5. The summed E-state index contributed by atoms with van der Waals surface area (Å²) in [5, 5.41) is 18.1. The van der Waals surface area contributed by atoms with Crippen LogP contribution in [0.5, 0.6) is 5.75 Å². The number of rotatable bonds is 15. The summed E-state index contributed by atoms with van der Waals surface area (Å²) < 4.78 is 13.2. The molecule has 3 aliphatic rings. The molecule has 19 heteroatoms. The topological polar surface area (TPSA) is 220 Å². The molecule has 65 heavy (non-hydrogen) atoms. The van der Waals surface area contributed by atoms with Crippen LogP contribution in [0.2, 0.25) is 5.02 Å². The normalized spacial score (nSPS) is 17.6. The van der Waals surface area contributed by atoms with Gasteiger partial charge in [-0.05, 0) is 75.4 Å². The van der Waals surface area contributed by atoms with Gasteiger partial charge in [0.05, 0.1) is 23.3 Å². The molecule has 0 unspecified atom stereocenters. The van der Waals surface area contributed by atoms with Gasteiger partial charge in [-0.25, -0.2) is 9.69 Å². The summed E-state index contributed by atoms with van der Waals surface area (Å²) >= 11 is 7.85. The summed E-state index contributed by atoms with van der Waals surface area (Å²) in [6, 6.07) is 19.6. The smallest absolute Gasteiger partial charge is 0.342 e. The van der Waals surface area contributed by atoms with E-state index in [0.717, 1.165) is 32.3 Å². The summed E-state index contributed by atoms with van der Waals surface area (Å²) in [5.74, 6) is -4.60. The van der Waals surface area contributed by atoms with Crippen LogP contribution in [0.3, 0.4) is 0 Å². The Morgan fingerprint density at radius 3 is 2.32 bits per heavy atom. The maximum Gasteiger partial charge on any atom is 0.342 e. The number of piperidine rings is 1. The SMILES string of the molecule is Cc1sc2c(c1C)C(c1ccc(Cl)cc1)=N[C@@H](CC(=O)NCCCCNC(=O)COc1cccc3c1C(=O)N([C@@]1(C(=O)OCc4ccccc4)CCC(=O)NC1=O)C3=O)c1nnc(C)n1-2.